The van der Waals surface area contributed by atoms with E-state index in [0.29, 0.717) is 18.0 Å². The summed E-state index contributed by atoms with van der Waals surface area (Å²) in [5.41, 5.74) is 1.85. The van der Waals surface area contributed by atoms with Gasteiger partial charge in [-0.3, -0.25) is 9.59 Å². The third kappa shape index (κ3) is 5.50. The SMILES string of the molecule is CCNCc1ccccc1NC(=O)CCNC(=O)c1cccs1. The van der Waals surface area contributed by atoms with E-state index >= 15 is 0 Å². The zero-order valence-electron chi connectivity index (χ0n) is 13.1. The van der Waals surface area contributed by atoms with Crippen LogP contribution in [0.25, 0.3) is 0 Å². The molecule has 0 aliphatic heterocycles. The Bertz CT molecular complexity index is 641. The summed E-state index contributed by atoms with van der Waals surface area (Å²) in [6.45, 7) is 3.94. The second-order valence-corrected chi connectivity index (χ2v) is 5.92. The molecule has 3 N–H and O–H groups in total. The summed E-state index contributed by atoms with van der Waals surface area (Å²) in [5.74, 6) is -0.249. The lowest BCUT2D eigenvalue weighted by Gasteiger charge is -2.11. The number of rotatable bonds is 8. The lowest BCUT2D eigenvalue weighted by molar-refractivity contribution is -0.116. The number of nitrogens with one attached hydrogen (secondary N) is 3. The van der Waals surface area contributed by atoms with Crippen LogP contribution in [0.4, 0.5) is 5.69 Å². The summed E-state index contributed by atoms with van der Waals surface area (Å²) in [4.78, 5) is 24.5. The number of hydrogen-bond acceptors (Lipinski definition) is 4. The third-order valence-electron chi connectivity index (χ3n) is 3.24. The maximum Gasteiger partial charge on any atom is 0.261 e. The van der Waals surface area contributed by atoms with Gasteiger partial charge in [0, 0.05) is 25.2 Å². The predicted octanol–water partition coefficient (Wildman–Crippen LogP) is 2.62. The van der Waals surface area contributed by atoms with Crippen LogP contribution in [-0.4, -0.2) is 24.9 Å². The molecular formula is C17H21N3O2S. The lowest BCUT2D eigenvalue weighted by Crippen LogP contribution is -2.27. The summed E-state index contributed by atoms with van der Waals surface area (Å²) >= 11 is 1.38. The fourth-order valence-corrected chi connectivity index (χ4v) is 2.69. The van der Waals surface area contributed by atoms with Crippen molar-refractivity contribution in [2.75, 3.05) is 18.4 Å². The Morgan fingerprint density at radius 3 is 2.70 bits per heavy atom. The van der Waals surface area contributed by atoms with Gasteiger partial charge in [0.15, 0.2) is 0 Å². The average Bonchev–Trinajstić information content (AvgIpc) is 3.08. The fraction of sp³-hybridized carbons (Fsp3) is 0.294. The van der Waals surface area contributed by atoms with Gasteiger partial charge < -0.3 is 16.0 Å². The first-order chi connectivity index (χ1) is 11.2. The number of carbonyl (C=O) groups excluding carboxylic acids is 2. The smallest absolute Gasteiger partial charge is 0.261 e. The Hall–Kier alpha value is -2.18. The molecule has 122 valence electrons. The molecule has 0 saturated carbocycles. The first-order valence-corrected chi connectivity index (χ1v) is 8.49. The molecule has 0 radical (unpaired) electrons. The molecule has 2 amide bonds. The normalized spacial score (nSPS) is 10.3. The summed E-state index contributed by atoms with van der Waals surface area (Å²) in [5, 5.41) is 10.7. The largest absolute Gasteiger partial charge is 0.351 e. The van der Waals surface area contributed by atoms with Crippen LogP contribution < -0.4 is 16.0 Å². The van der Waals surface area contributed by atoms with E-state index in [0.717, 1.165) is 17.8 Å². The molecule has 0 fully saturated rings. The molecule has 0 bridgehead atoms. The molecule has 0 saturated heterocycles. The van der Waals surface area contributed by atoms with E-state index in [-0.39, 0.29) is 18.2 Å². The number of carbonyl (C=O) groups is 2. The Morgan fingerprint density at radius 2 is 1.96 bits per heavy atom. The molecule has 0 atom stereocenters. The summed E-state index contributed by atoms with van der Waals surface area (Å²) in [7, 11) is 0. The van der Waals surface area contributed by atoms with E-state index in [2.05, 4.69) is 16.0 Å². The van der Waals surface area contributed by atoms with Crippen molar-refractivity contribution in [2.24, 2.45) is 0 Å². The number of thiophene rings is 1. The molecule has 0 unspecified atom stereocenters. The predicted molar refractivity (Wildman–Crippen MR) is 93.7 cm³/mol. The number of anilines is 1. The van der Waals surface area contributed by atoms with Crippen LogP contribution in [0.15, 0.2) is 41.8 Å². The van der Waals surface area contributed by atoms with Crippen LogP contribution in [0.1, 0.15) is 28.6 Å². The number of hydrogen-bond donors (Lipinski definition) is 3. The fourth-order valence-electron chi connectivity index (χ4n) is 2.05. The quantitative estimate of drug-likeness (QED) is 0.696. The molecule has 5 nitrogen and oxygen atoms in total. The van der Waals surface area contributed by atoms with E-state index in [1.165, 1.54) is 11.3 Å². The second kappa shape index (κ2) is 9.07. The third-order valence-corrected chi connectivity index (χ3v) is 4.11. The summed E-state index contributed by atoms with van der Waals surface area (Å²) in [6.07, 6.45) is 0.243. The van der Waals surface area contributed by atoms with Crippen LogP contribution in [0.3, 0.4) is 0 Å². The minimum atomic E-state index is -0.139. The van der Waals surface area contributed by atoms with Crippen LogP contribution >= 0.6 is 11.3 Å². The summed E-state index contributed by atoms with van der Waals surface area (Å²) in [6, 6.07) is 11.3. The van der Waals surface area contributed by atoms with E-state index in [1.54, 1.807) is 6.07 Å². The Morgan fingerprint density at radius 1 is 1.13 bits per heavy atom. The van der Waals surface area contributed by atoms with E-state index in [1.807, 2.05) is 42.6 Å². The molecule has 0 spiro atoms. The van der Waals surface area contributed by atoms with Gasteiger partial charge in [-0.2, -0.15) is 0 Å². The van der Waals surface area contributed by atoms with Crippen molar-refractivity contribution in [3.05, 3.63) is 52.2 Å². The molecule has 23 heavy (non-hydrogen) atoms. The van der Waals surface area contributed by atoms with Gasteiger partial charge in [0.25, 0.3) is 5.91 Å². The van der Waals surface area contributed by atoms with Gasteiger partial charge in [-0.15, -0.1) is 11.3 Å². The van der Waals surface area contributed by atoms with Gasteiger partial charge in [0.1, 0.15) is 0 Å². The number of benzene rings is 1. The van der Waals surface area contributed by atoms with E-state index in [4.69, 9.17) is 0 Å². The average molecular weight is 331 g/mol. The molecule has 2 aromatic rings. The van der Waals surface area contributed by atoms with Gasteiger partial charge in [-0.05, 0) is 29.6 Å². The van der Waals surface area contributed by atoms with Gasteiger partial charge in [0.05, 0.1) is 4.88 Å². The van der Waals surface area contributed by atoms with Crippen molar-refractivity contribution < 1.29 is 9.59 Å². The molecule has 0 aliphatic rings. The minimum Gasteiger partial charge on any atom is -0.351 e. The Balaban J connectivity index is 1.79. The minimum absolute atomic E-state index is 0.111. The highest BCUT2D eigenvalue weighted by molar-refractivity contribution is 7.12. The second-order valence-electron chi connectivity index (χ2n) is 4.97. The maximum atomic E-state index is 12.0. The highest BCUT2D eigenvalue weighted by Gasteiger charge is 2.09. The Labute approximate surface area is 140 Å². The molecule has 1 heterocycles. The van der Waals surface area contributed by atoms with E-state index in [9.17, 15) is 9.59 Å². The first-order valence-electron chi connectivity index (χ1n) is 7.61. The molecule has 6 heteroatoms. The van der Waals surface area contributed by atoms with Crippen LogP contribution in [0.5, 0.6) is 0 Å². The van der Waals surface area contributed by atoms with Gasteiger partial charge in [-0.1, -0.05) is 31.2 Å². The van der Waals surface area contributed by atoms with E-state index < -0.39 is 0 Å². The van der Waals surface area contributed by atoms with Gasteiger partial charge in [0.2, 0.25) is 5.91 Å². The van der Waals surface area contributed by atoms with Crippen molar-refractivity contribution in [1.82, 2.24) is 10.6 Å². The number of para-hydroxylation sites is 1. The van der Waals surface area contributed by atoms with Crippen molar-refractivity contribution >= 4 is 28.8 Å². The van der Waals surface area contributed by atoms with Crippen LogP contribution in [0.2, 0.25) is 0 Å². The van der Waals surface area contributed by atoms with Crippen molar-refractivity contribution in [3.8, 4) is 0 Å². The highest BCUT2D eigenvalue weighted by atomic mass is 32.1. The van der Waals surface area contributed by atoms with Crippen molar-refractivity contribution in [1.29, 1.82) is 0 Å². The highest BCUT2D eigenvalue weighted by Crippen LogP contribution is 2.15. The molecule has 1 aromatic heterocycles. The number of amides is 2. The first kappa shape index (κ1) is 17.2. The monoisotopic (exact) mass is 331 g/mol. The topological polar surface area (TPSA) is 70.2 Å². The maximum absolute atomic E-state index is 12.0. The van der Waals surface area contributed by atoms with Crippen LogP contribution in [0, 0.1) is 0 Å². The Kier molecular flexibility index (Phi) is 6.77. The van der Waals surface area contributed by atoms with Gasteiger partial charge >= 0.3 is 0 Å². The lowest BCUT2D eigenvalue weighted by atomic mass is 10.1. The standard InChI is InChI=1S/C17H21N3O2S/c1-2-18-12-13-6-3-4-7-14(13)20-16(21)9-10-19-17(22)15-8-5-11-23-15/h3-8,11,18H,2,9-10,12H2,1H3,(H,19,22)(H,20,21). The molecule has 0 aliphatic carbocycles. The van der Waals surface area contributed by atoms with Crippen LogP contribution in [-0.2, 0) is 11.3 Å². The van der Waals surface area contributed by atoms with Gasteiger partial charge in [-0.25, -0.2) is 0 Å². The molecule has 2 rings (SSSR count). The summed E-state index contributed by atoms with van der Waals surface area (Å²) < 4.78 is 0. The zero-order chi connectivity index (χ0) is 16.5. The molecular weight excluding hydrogens is 310 g/mol. The van der Waals surface area contributed by atoms with Crippen molar-refractivity contribution in [2.45, 2.75) is 19.9 Å². The zero-order valence-corrected chi connectivity index (χ0v) is 13.9. The van der Waals surface area contributed by atoms with Crippen molar-refractivity contribution in [3.63, 3.8) is 0 Å². The molecule has 1 aromatic carbocycles.